The number of anilines is 1. The molecule has 160 valence electrons. The Kier molecular flexibility index (Phi) is 9.32. The lowest BCUT2D eigenvalue weighted by Crippen LogP contribution is -2.27. The molecule has 0 saturated heterocycles. The summed E-state index contributed by atoms with van der Waals surface area (Å²) in [6.45, 7) is -0.0445. The van der Waals surface area contributed by atoms with E-state index in [1.165, 1.54) is 18.7 Å². The summed E-state index contributed by atoms with van der Waals surface area (Å²) in [5.74, 6) is -0.296. The zero-order valence-electron chi connectivity index (χ0n) is 16.4. The Morgan fingerprint density at radius 2 is 1.90 bits per heavy atom. The lowest BCUT2D eigenvalue weighted by molar-refractivity contribution is -0.124. The standard InChI is InChI=1S/C21H24N2O7/c1-28-18(10-11-19(25)23-27)20(15-6-5-9-17(14-15)29-13-12-24)30-21(26)22-16-7-3-2-4-8-16/h2-11,14,18,20,24,27H,12-13H2,1H3,(H,22,26)(H,23,25)/b11-10+/t18-,20-/m1/s1. The number of ether oxygens (including phenoxy) is 3. The number of hydrogen-bond acceptors (Lipinski definition) is 7. The van der Waals surface area contributed by atoms with Crippen LogP contribution in [0.1, 0.15) is 11.7 Å². The number of aliphatic hydroxyl groups is 1. The molecule has 9 heteroatoms. The van der Waals surface area contributed by atoms with Gasteiger partial charge in [-0.1, -0.05) is 30.3 Å². The number of hydrogen-bond donors (Lipinski definition) is 4. The number of benzene rings is 2. The van der Waals surface area contributed by atoms with Crippen LogP contribution in [0.15, 0.2) is 66.7 Å². The molecule has 0 aliphatic heterocycles. The van der Waals surface area contributed by atoms with Crippen LogP contribution in [0.25, 0.3) is 0 Å². The van der Waals surface area contributed by atoms with Gasteiger partial charge in [0.25, 0.3) is 5.91 Å². The lowest BCUT2D eigenvalue weighted by Gasteiger charge is -2.25. The first-order chi connectivity index (χ1) is 14.6. The van der Waals surface area contributed by atoms with Crippen LogP contribution in [0.5, 0.6) is 5.75 Å². The van der Waals surface area contributed by atoms with Gasteiger partial charge in [-0.15, -0.1) is 0 Å². The quantitative estimate of drug-likeness (QED) is 0.266. The number of rotatable bonds is 10. The van der Waals surface area contributed by atoms with Gasteiger partial charge in [-0.05, 0) is 35.9 Å². The predicted molar refractivity (Wildman–Crippen MR) is 108 cm³/mol. The van der Waals surface area contributed by atoms with Crippen molar-refractivity contribution in [2.45, 2.75) is 12.2 Å². The minimum absolute atomic E-state index is 0.105. The molecule has 2 aromatic carbocycles. The number of aliphatic hydroxyl groups excluding tert-OH is 1. The highest BCUT2D eigenvalue weighted by molar-refractivity contribution is 5.86. The first kappa shape index (κ1) is 22.9. The molecule has 4 N–H and O–H groups in total. The van der Waals surface area contributed by atoms with E-state index >= 15 is 0 Å². The van der Waals surface area contributed by atoms with Gasteiger partial charge in [0.05, 0.1) is 6.61 Å². The van der Waals surface area contributed by atoms with Crippen molar-refractivity contribution in [1.29, 1.82) is 0 Å². The highest BCUT2D eigenvalue weighted by Crippen LogP contribution is 2.28. The molecular formula is C21H24N2O7. The van der Waals surface area contributed by atoms with Crippen molar-refractivity contribution in [3.63, 3.8) is 0 Å². The Bertz CT molecular complexity index is 842. The average Bonchev–Trinajstić information content (AvgIpc) is 2.77. The number of carbonyl (C=O) groups is 2. The predicted octanol–water partition coefficient (Wildman–Crippen LogP) is 2.42. The van der Waals surface area contributed by atoms with Gasteiger partial charge in [0.2, 0.25) is 0 Å². The maximum atomic E-state index is 12.5. The fourth-order valence-corrected chi connectivity index (χ4v) is 2.58. The van der Waals surface area contributed by atoms with Gasteiger partial charge in [-0.25, -0.2) is 10.3 Å². The highest BCUT2D eigenvalue weighted by Gasteiger charge is 2.26. The molecule has 0 heterocycles. The van der Waals surface area contributed by atoms with E-state index in [-0.39, 0.29) is 13.2 Å². The van der Waals surface area contributed by atoms with E-state index in [1.54, 1.807) is 48.5 Å². The zero-order valence-corrected chi connectivity index (χ0v) is 16.4. The van der Waals surface area contributed by atoms with Crippen LogP contribution in [0.4, 0.5) is 10.5 Å². The number of hydroxylamine groups is 1. The van der Waals surface area contributed by atoms with Crippen LogP contribution >= 0.6 is 0 Å². The monoisotopic (exact) mass is 416 g/mol. The van der Waals surface area contributed by atoms with Crippen LogP contribution in [-0.2, 0) is 14.3 Å². The SMILES string of the molecule is CO[C@H](/C=C/C(=O)NO)[C@H](OC(=O)Nc1ccccc1)c1cccc(OCCO)c1. The summed E-state index contributed by atoms with van der Waals surface area (Å²) in [4.78, 5) is 23.8. The molecule has 9 nitrogen and oxygen atoms in total. The summed E-state index contributed by atoms with van der Waals surface area (Å²) in [5.41, 5.74) is 2.57. The third-order valence-corrected chi connectivity index (χ3v) is 3.92. The Balaban J connectivity index is 2.27. The summed E-state index contributed by atoms with van der Waals surface area (Å²) >= 11 is 0. The topological polar surface area (TPSA) is 126 Å². The van der Waals surface area contributed by atoms with Gasteiger partial charge in [0.15, 0.2) is 6.10 Å². The Labute approximate surface area is 173 Å². The van der Waals surface area contributed by atoms with Crippen molar-refractivity contribution in [1.82, 2.24) is 5.48 Å². The number of para-hydroxylation sites is 1. The third kappa shape index (κ3) is 7.21. The number of carbonyl (C=O) groups excluding carboxylic acids is 2. The van der Waals surface area contributed by atoms with Crippen molar-refractivity contribution in [3.8, 4) is 5.75 Å². The Hall–Kier alpha value is -3.40. The normalized spacial score (nSPS) is 12.8. The molecule has 0 radical (unpaired) electrons. The molecule has 2 atom stereocenters. The zero-order chi connectivity index (χ0) is 21.8. The van der Waals surface area contributed by atoms with Crippen LogP contribution in [0.2, 0.25) is 0 Å². The van der Waals surface area contributed by atoms with Crippen molar-refractivity contribution >= 4 is 17.7 Å². The molecule has 0 aromatic heterocycles. The van der Waals surface area contributed by atoms with Crippen LogP contribution in [0, 0.1) is 0 Å². The van der Waals surface area contributed by atoms with Crippen LogP contribution in [0.3, 0.4) is 0 Å². The van der Waals surface area contributed by atoms with Gasteiger partial charge >= 0.3 is 6.09 Å². The van der Waals surface area contributed by atoms with Crippen molar-refractivity contribution in [3.05, 3.63) is 72.3 Å². The number of amides is 2. The summed E-state index contributed by atoms with van der Waals surface area (Å²) in [6, 6.07) is 15.5. The first-order valence-electron chi connectivity index (χ1n) is 9.08. The van der Waals surface area contributed by atoms with E-state index in [4.69, 9.17) is 24.5 Å². The second kappa shape index (κ2) is 12.2. The number of methoxy groups -OCH3 is 1. The highest BCUT2D eigenvalue weighted by atomic mass is 16.6. The van der Waals surface area contributed by atoms with E-state index < -0.39 is 24.2 Å². The smallest absolute Gasteiger partial charge is 0.412 e. The molecule has 2 rings (SSSR count). The molecule has 2 aromatic rings. The van der Waals surface area contributed by atoms with Gasteiger partial charge in [-0.2, -0.15) is 0 Å². The van der Waals surface area contributed by atoms with Gasteiger partial charge < -0.3 is 19.3 Å². The third-order valence-electron chi connectivity index (χ3n) is 3.92. The van der Waals surface area contributed by atoms with E-state index in [9.17, 15) is 9.59 Å². The lowest BCUT2D eigenvalue weighted by atomic mass is 10.0. The van der Waals surface area contributed by atoms with Crippen molar-refractivity contribution < 1.29 is 34.1 Å². The van der Waals surface area contributed by atoms with E-state index in [0.717, 1.165) is 6.08 Å². The van der Waals surface area contributed by atoms with Crippen LogP contribution in [-0.4, -0.2) is 48.7 Å². The van der Waals surface area contributed by atoms with Crippen LogP contribution < -0.4 is 15.5 Å². The molecule has 0 bridgehead atoms. The van der Waals surface area contributed by atoms with E-state index in [1.807, 2.05) is 6.07 Å². The maximum absolute atomic E-state index is 12.5. The summed E-state index contributed by atoms with van der Waals surface area (Å²) < 4.78 is 16.4. The van der Waals surface area contributed by atoms with Gasteiger partial charge in [0, 0.05) is 18.9 Å². The fourth-order valence-electron chi connectivity index (χ4n) is 2.58. The Morgan fingerprint density at radius 3 is 2.57 bits per heavy atom. The minimum atomic E-state index is -0.945. The molecule has 0 spiro atoms. The molecular weight excluding hydrogens is 392 g/mol. The van der Waals surface area contributed by atoms with Crippen molar-refractivity contribution in [2.75, 3.05) is 25.6 Å². The summed E-state index contributed by atoms with van der Waals surface area (Å²) in [6.07, 6.45) is -0.107. The molecule has 0 fully saturated rings. The second-order valence-electron chi connectivity index (χ2n) is 6.00. The molecule has 0 unspecified atom stereocenters. The van der Waals surface area contributed by atoms with E-state index in [0.29, 0.717) is 17.0 Å². The first-order valence-corrected chi connectivity index (χ1v) is 9.08. The summed E-state index contributed by atoms with van der Waals surface area (Å²) in [5, 5.41) is 20.2. The van der Waals surface area contributed by atoms with Gasteiger partial charge in [0.1, 0.15) is 18.5 Å². The maximum Gasteiger partial charge on any atom is 0.412 e. The average molecular weight is 416 g/mol. The van der Waals surface area contributed by atoms with E-state index in [2.05, 4.69) is 5.32 Å². The largest absolute Gasteiger partial charge is 0.491 e. The second-order valence-corrected chi connectivity index (χ2v) is 6.00. The summed E-state index contributed by atoms with van der Waals surface area (Å²) in [7, 11) is 1.39. The Morgan fingerprint density at radius 1 is 1.13 bits per heavy atom. The molecule has 0 aliphatic carbocycles. The van der Waals surface area contributed by atoms with Crippen molar-refractivity contribution in [2.24, 2.45) is 0 Å². The molecule has 0 saturated carbocycles. The minimum Gasteiger partial charge on any atom is -0.491 e. The molecule has 2 amide bonds. The number of nitrogens with one attached hydrogen (secondary N) is 2. The molecule has 30 heavy (non-hydrogen) atoms. The fraction of sp³-hybridized carbons (Fsp3) is 0.238. The molecule has 0 aliphatic rings. The van der Waals surface area contributed by atoms with Gasteiger partial charge in [-0.3, -0.25) is 15.3 Å².